The summed E-state index contributed by atoms with van der Waals surface area (Å²) in [6, 6.07) is 12.2. The number of nitrogens with zero attached hydrogens (tertiary/aromatic N) is 2. The Morgan fingerprint density at radius 1 is 0.745 bits per heavy atom. The quantitative estimate of drug-likeness (QED) is 0.118. The molecule has 16 nitrogen and oxygen atoms in total. The highest BCUT2D eigenvalue weighted by atomic mass is 16.2. The first kappa shape index (κ1) is 40.9. The molecule has 0 saturated carbocycles. The maximum Gasteiger partial charge on any atom is 0.321 e. The number of fused-ring (bicyclic) bond motifs is 2. The summed E-state index contributed by atoms with van der Waals surface area (Å²) in [5.74, 6) is 0.441. The predicted octanol–water partition coefficient (Wildman–Crippen LogP) is 1.80. The van der Waals surface area contributed by atoms with Crippen LogP contribution in [0, 0.1) is 5.92 Å². The Balaban J connectivity index is 0.891. The van der Waals surface area contributed by atoms with Crippen molar-refractivity contribution in [2.45, 2.75) is 89.4 Å². The molecule has 0 bridgehead atoms. The number of likely N-dealkylation sites (N-methyl/N-ethyl adjacent to an activating group) is 1. The fourth-order valence-corrected chi connectivity index (χ4v) is 8.06. The Kier molecular flexibility index (Phi) is 14.8. The number of benzene rings is 2. The number of anilines is 4. The van der Waals surface area contributed by atoms with Gasteiger partial charge in [-0.3, -0.25) is 21.3 Å². The van der Waals surface area contributed by atoms with Crippen molar-refractivity contribution in [3.63, 3.8) is 0 Å². The zero-order valence-corrected chi connectivity index (χ0v) is 33.4. The van der Waals surface area contributed by atoms with Gasteiger partial charge in [0.1, 0.15) is 12.6 Å². The minimum Gasteiger partial charge on any atom is -0.385 e. The zero-order chi connectivity index (χ0) is 38.7. The standard InChI is InChI=1S/C39H66N14O2/c1-25-18-34(41-14-7-16-52(3)4)48-36(44-25)50-39(55)47-31-10-12-33-29(22-31)20-27(23-43-33)24-53(5)17-15-42-35-19-26(2)45-37(49-35)51-38(54)46-30-9-11-32-28(21-30)8-6-13-40-32/h9-12,21-22,25-27,34-37,40-45,48-49H,6-8,13-20,23-24H2,1-5H3,(H2,46,51,54)(H2,47,50,55). The van der Waals surface area contributed by atoms with E-state index in [-0.39, 0.29) is 49.1 Å². The normalized spacial score (nSPS) is 26.3. The van der Waals surface area contributed by atoms with Crippen molar-refractivity contribution in [1.82, 2.24) is 52.3 Å². The molecule has 4 heterocycles. The van der Waals surface area contributed by atoms with Crippen LogP contribution in [-0.4, -0.2) is 126 Å². The van der Waals surface area contributed by atoms with Crippen LogP contribution >= 0.6 is 0 Å². The molecule has 4 amide bonds. The zero-order valence-electron chi connectivity index (χ0n) is 33.4. The molecule has 0 aliphatic carbocycles. The van der Waals surface area contributed by atoms with Gasteiger partial charge in [0.25, 0.3) is 0 Å². The first-order chi connectivity index (χ1) is 26.5. The van der Waals surface area contributed by atoms with E-state index in [4.69, 9.17) is 0 Å². The molecule has 2 aromatic rings. The van der Waals surface area contributed by atoms with Crippen LogP contribution in [0.5, 0.6) is 0 Å². The van der Waals surface area contributed by atoms with Crippen molar-refractivity contribution in [2.75, 3.05) is 88.2 Å². The van der Waals surface area contributed by atoms with Crippen molar-refractivity contribution in [2.24, 2.45) is 5.92 Å². The largest absolute Gasteiger partial charge is 0.385 e. The van der Waals surface area contributed by atoms with Crippen LogP contribution in [0.2, 0.25) is 0 Å². The minimum atomic E-state index is -0.348. The molecule has 4 aliphatic rings. The molecule has 55 heavy (non-hydrogen) atoms. The van der Waals surface area contributed by atoms with Crippen molar-refractivity contribution >= 4 is 34.8 Å². The van der Waals surface area contributed by atoms with Crippen molar-refractivity contribution in [3.05, 3.63) is 47.5 Å². The molecular formula is C39H66N14O2. The monoisotopic (exact) mass is 763 g/mol. The molecule has 0 radical (unpaired) electrons. The van der Waals surface area contributed by atoms with Gasteiger partial charge in [0, 0.05) is 67.6 Å². The summed E-state index contributed by atoms with van der Waals surface area (Å²) in [4.78, 5) is 30.4. The Morgan fingerprint density at radius 2 is 1.35 bits per heavy atom. The van der Waals surface area contributed by atoms with Crippen LogP contribution in [-0.2, 0) is 12.8 Å². The van der Waals surface area contributed by atoms with Gasteiger partial charge in [-0.1, -0.05) is 0 Å². The summed E-state index contributed by atoms with van der Waals surface area (Å²) in [7, 11) is 6.34. The van der Waals surface area contributed by atoms with Crippen LogP contribution in [0.1, 0.15) is 50.7 Å². The summed E-state index contributed by atoms with van der Waals surface area (Å²) >= 11 is 0. The third kappa shape index (κ3) is 12.9. The van der Waals surface area contributed by atoms with Gasteiger partial charge in [-0.25, -0.2) is 9.59 Å². The summed E-state index contributed by atoms with van der Waals surface area (Å²) in [5.41, 5.74) is 6.31. The molecule has 7 atom stereocenters. The molecule has 2 fully saturated rings. The SMILES string of the molecule is CC1CC(NCCCN(C)C)NC(NC(=O)Nc2ccc3c(c2)CC(CN(C)CCNC2CC(C)NC(NC(=O)Nc4ccc5c(c4)CCCN5)N2)CN3)N1. The number of hydrogen-bond donors (Lipinski definition) is 12. The number of rotatable bonds is 15. The van der Waals surface area contributed by atoms with Gasteiger partial charge < -0.3 is 52.3 Å². The molecule has 2 aromatic carbocycles. The molecule has 16 heteroatoms. The first-order valence-electron chi connectivity index (χ1n) is 20.3. The third-order valence-corrected chi connectivity index (χ3v) is 10.7. The molecule has 12 N–H and O–H groups in total. The fraction of sp³-hybridized carbons (Fsp3) is 0.641. The maximum absolute atomic E-state index is 13.0. The van der Waals surface area contributed by atoms with Crippen LogP contribution in [0.3, 0.4) is 0 Å². The third-order valence-electron chi connectivity index (χ3n) is 10.7. The number of carbonyl (C=O) groups is 2. The molecule has 304 valence electrons. The molecule has 0 aromatic heterocycles. The number of nitrogens with one attached hydrogen (secondary N) is 12. The van der Waals surface area contributed by atoms with Crippen LogP contribution < -0.4 is 63.8 Å². The van der Waals surface area contributed by atoms with Crippen LogP contribution in [0.15, 0.2) is 36.4 Å². The van der Waals surface area contributed by atoms with E-state index in [1.54, 1.807) is 0 Å². The highest BCUT2D eigenvalue weighted by Crippen LogP contribution is 2.28. The van der Waals surface area contributed by atoms with E-state index in [0.29, 0.717) is 5.92 Å². The maximum atomic E-state index is 13.0. The van der Waals surface area contributed by atoms with E-state index in [2.05, 4.69) is 127 Å². The van der Waals surface area contributed by atoms with Crippen LogP contribution in [0.4, 0.5) is 32.3 Å². The lowest BCUT2D eigenvalue weighted by Gasteiger charge is -2.37. The average Bonchev–Trinajstić information content (AvgIpc) is 3.12. The lowest BCUT2D eigenvalue weighted by molar-refractivity contribution is 0.188. The molecular weight excluding hydrogens is 697 g/mol. The summed E-state index contributed by atoms with van der Waals surface area (Å²) < 4.78 is 0. The Labute approximate surface area is 327 Å². The Hall–Kier alpha value is -3.74. The second-order valence-corrected chi connectivity index (χ2v) is 16.2. The second-order valence-electron chi connectivity index (χ2n) is 16.2. The molecule has 7 unspecified atom stereocenters. The fourth-order valence-electron chi connectivity index (χ4n) is 8.06. The van der Waals surface area contributed by atoms with Crippen molar-refractivity contribution in [1.29, 1.82) is 0 Å². The lowest BCUT2D eigenvalue weighted by Crippen LogP contribution is -2.68. The average molecular weight is 763 g/mol. The molecule has 4 aliphatic heterocycles. The molecule has 2 saturated heterocycles. The van der Waals surface area contributed by atoms with Gasteiger partial charge in [-0.05, 0) is 140 Å². The van der Waals surface area contributed by atoms with Gasteiger partial charge >= 0.3 is 12.1 Å². The van der Waals surface area contributed by atoms with Gasteiger partial charge in [0.05, 0.1) is 12.3 Å². The number of carbonyl (C=O) groups excluding carboxylic acids is 2. The Morgan fingerprint density at radius 3 is 1.98 bits per heavy atom. The van der Waals surface area contributed by atoms with Gasteiger partial charge in [-0.2, -0.15) is 0 Å². The van der Waals surface area contributed by atoms with E-state index in [9.17, 15) is 9.59 Å². The number of hydrogen-bond acceptors (Lipinski definition) is 12. The number of amides is 4. The molecule has 6 rings (SSSR count). The van der Waals surface area contributed by atoms with Gasteiger partial charge in [0.15, 0.2) is 0 Å². The first-order valence-corrected chi connectivity index (χ1v) is 20.3. The topological polar surface area (TPSA) is 185 Å². The Bertz CT molecular complexity index is 1560. The highest BCUT2D eigenvalue weighted by molar-refractivity contribution is 5.90. The lowest BCUT2D eigenvalue weighted by atomic mass is 9.93. The smallest absolute Gasteiger partial charge is 0.321 e. The highest BCUT2D eigenvalue weighted by Gasteiger charge is 2.28. The summed E-state index contributed by atoms with van der Waals surface area (Å²) in [6.45, 7) is 10.8. The summed E-state index contributed by atoms with van der Waals surface area (Å²) in [6.07, 6.45) is 5.50. The van der Waals surface area contributed by atoms with Crippen molar-refractivity contribution < 1.29 is 9.59 Å². The number of aryl methyl sites for hydroxylation is 1. The minimum absolute atomic E-state index is 0.0698. The van der Waals surface area contributed by atoms with Gasteiger partial charge in [0.2, 0.25) is 0 Å². The van der Waals surface area contributed by atoms with E-state index in [1.807, 2.05) is 18.2 Å². The predicted molar refractivity (Wildman–Crippen MR) is 222 cm³/mol. The second kappa shape index (κ2) is 19.9. The number of urea groups is 2. The van der Waals surface area contributed by atoms with Crippen LogP contribution in [0.25, 0.3) is 0 Å². The summed E-state index contributed by atoms with van der Waals surface area (Å²) in [5, 5.41) is 40.2. The van der Waals surface area contributed by atoms with E-state index in [1.165, 1.54) is 11.1 Å². The van der Waals surface area contributed by atoms with E-state index < -0.39 is 0 Å². The van der Waals surface area contributed by atoms with Crippen molar-refractivity contribution in [3.8, 4) is 0 Å². The van der Waals surface area contributed by atoms with Gasteiger partial charge in [-0.15, -0.1) is 0 Å². The van der Waals surface area contributed by atoms with E-state index >= 15 is 0 Å². The van der Waals surface area contributed by atoms with E-state index in [0.717, 1.165) is 107 Å². The molecule has 0 spiro atoms.